The van der Waals surface area contributed by atoms with E-state index in [1.165, 1.54) is 0 Å². The van der Waals surface area contributed by atoms with Gasteiger partial charge in [-0.15, -0.1) is 24.0 Å². The molecule has 0 amide bonds. The highest BCUT2D eigenvalue weighted by Gasteiger charge is 2.10. The van der Waals surface area contributed by atoms with Gasteiger partial charge < -0.3 is 15.4 Å². The number of rotatable bonds is 7. The number of aliphatic imine (C=N–C) groups is 1. The number of ether oxygens (including phenoxy) is 1. The minimum Gasteiger partial charge on any atom is -0.434 e. The number of aromatic nitrogens is 2. The molecule has 9 heteroatoms. The molecule has 2 aromatic carbocycles. The molecule has 0 bridgehead atoms. The molecule has 3 aromatic rings. The van der Waals surface area contributed by atoms with Crippen LogP contribution in [0.1, 0.15) is 16.7 Å². The Bertz CT molecular complexity index is 964. The predicted molar refractivity (Wildman–Crippen MR) is 124 cm³/mol. The number of nitrogens with one attached hydrogen (secondary N) is 2. The van der Waals surface area contributed by atoms with E-state index in [2.05, 4.69) is 25.5 Å². The normalized spacial score (nSPS) is 11.2. The van der Waals surface area contributed by atoms with E-state index in [4.69, 9.17) is 0 Å². The number of hydrogen-bond donors (Lipinski definition) is 2. The van der Waals surface area contributed by atoms with Crippen molar-refractivity contribution in [1.82, 2.24) is 20.4 Å². The van der Waals surface area contributed by atoms with Gasteiger partial charge in [-0.2, -0.15) is 13.9 Å². The molecule has 1 heterocycles. The number of aryl methyl sites for hydroxylation is 1. The van der Waals surface area contributed by atoms with E-state index in [1.54, 1.807) is 30.1 Å². The fourth-order valence-corrected chi connectivity index (χ4v) is 2.87. The summed E-state index contributed by atoms with van der Waals surface area (Å²) >= 11 is 0. The number of hydrogen-bond acceptors (Lipinski definition) is 3. The molecule has 0 radical (unpaired) electrons. The smallest absolute Gasteiger partial charge is 0.387 e. The highest BCUT2D eigenvalue weighted by Crippen LogP contribution is 2.22. The lowest BCUT2D eigenvalue weighted by Crippen LogP contribution is -2.36. The second-order valence-corrected chi connectivity index (χ2v) is 6.39. The summed E-state index contributed by atoms with van der Waals surface area (Å²) in [6, 6.07) is 14.9. The summed E-state index contributed by atoms with van der Waals surface area (Å²) in [6.45, 7) is -0.120. The lowest BCUT2D eigenvalue weighted by atomic mass is 10.1. The van der Waals surface area contributed by atoms with Gasteiger partial charge in [0.2, 0.25) is 0 Å². The van der Waals surface area contributed by atoms with Crippen molar-refractivity contribution in [1.29, 1.82) is 0 Å². The van der Waals surface area contributed by atoms with E-state index in [0.717, 1.165) is 16.8 Å². The molecule has 6 nitrogen and oxygen atoms in total. The standard InChI is InChI=1S/C21H23F2N5O.HI/c1-15-7-8-19(29-20(22)23)17(11-15)14-26-21(24-2)25-13-16-5-3-6-18(12-16)28-10-4-9-27-28;/h3-12,20H,13-14H2,1-2H3,(H2,24,25,26);1H. The second kappa shape index (κ2) is 11.5. The van der Waals surface area contributed by atoms with Gasteiger partial charge >= 0.3 is 6.61 Å². The van der Waals surface area contributed by atoms with Gasteiger partial charge in [0.05, 0.1) is 5.69 Å². The van der Waals surface area contributed by atoms with Gasteiger partial charge in [-0.1, -0.05) is 29.8 Å². The van der Waals surface area contributed by atoms with E-state index < -0.39 is 6.61 Å². The average Bonchev–Trinajstić information content (AvgIpc) is 3.25. The predicted octanol–water partition coefficient (Wildman–Crippen LogP) is 4.27. The summed E-state index contributed by atoms with van der Waals surface area (Å²) in [5.74, 6) is 0.708. The lowest BCUT2D eigenvalue weighted by Gasteiger charge is -2.15. The van der Waals surface area contributed by atoms with E-state index in [0.29, 0.717) is 24.6 Å². The number of halogens is 3. The van der Waals surface area contributed by atoms with Gasteiger partial charge in [-0.25, -0.2) is 4.68 Å². The molecular weight excluding hydrogens is 503 g/mol. The number of guanidine groups is 1. The zero-order valence-electron chi connectivity index (χ0n) is 16.7. The Morgan fingerprint density at radius 3 is 2.63 bits per heavy atom. The average molecular weight is 527 g/mol. The van der Waals surface area contributed by atoms with Gasteiger partial charge in [0, 0.05) is 38.1 Å². The Hall–Kier alpha value is -2.69. The van der Waals surface area contributed by atoms with Crippen molar-refractivity contribution in [3.63, 3.8) is 0 Å². The summed E-state index contributed by atoms with van der Waals surface area (Å²) in [5, 5.41) is 10.6. The monoisotopic (exact) mass is 527 g/mol. The minimum absolute atomic E-state index is 0. The zero-order chi connectivity index (χ0) is 20.6. The van der Waals surface area contributed by atoms with Crippen LogP contribution < -0.4 is 15.4 Å². The molecule has 0 atom stereocenters. The zero-order valence-corrected chi connectivity index (χ0v) is 19.0. The third kappa shape index (κ3) is 6.68. The topological polar surface area (TPSA) is 63.5 Å². The van der Waals surface area contributed by atoms with Gasteiger partial charge in [0.15, 0.2) is 5.96 Å². The van der Waals surface area contributed by atoms with Crippen LogP contribution in [0, 0.1) is 6.92 Å². The maximum atomic E-state index is 12.6. The Morgan fingerprint density at radius 1 is 1.13 bits per heavy atom. The van der Waals surface area contributed by atoms with Crippen LogP contribution in [-0.2, 0) is 13.1 Å². The fraction of sp³-hybridized carbons (Fsp3) is 0.238. The minimum atomic E-state index is -2.86. The summed E-state index contributed by atoms with van der Waals surface area (Å²) in [7, 11) is 1.66. The molecule has 30 heavy (non-hydrogen) atoms. The van der Waals surface area contributed by atoms with Gasteiger partial charge in [0.25, 0.3) is 0 Å². The lowest BCUT2D eigenvalue weighted by molar-refractivity contribution is -0.0504. The first-order chi connectivity index (χ1) is 14.0. The summed E-state index contributed by atoms with van der Waals surface area (Å²) in [5.41, 5.74) is 3.61. The van der Waals surface area contributed by atoms with Crippen molar-refractivity contribution < 1.29 is 13.5 Å². The van der Waals surface area contributed by atoms with Gasteiger partial charge in [0.1, 0.15) is 5.75 Å². The number of benzene rings is 2. The van der Waals surface area contributed by atoms with Crippen molar-refractivity contribution in [3.05, 3.63) is 77.6 Å². The molecule has 0 aliphatic heterocycles. The third-order valence-corrected chi connectivity index (χ3v) is 4.24. The summed E-state index contributed by atoms with van der Waals surface area (Å²) in [6.07, 6.45) is 3.61. The van der Waals surface area contributed by atoms with Crippen LogP contribution in [0.4, 0.5) is 8.78 Å². The first-order valence-electron chi connectivity index (χ1n) is 9.13. The Labute approximate surface area is 191 Å². The Kier molecular flexibility index (Phi) is 9.03. The van der Waals surface area contributed by atoms with Crippen LogP contribution in [0.5, 0.6) is 5.75 Å². The molecule has 0 aliphatic carbocycles. The van der Waals surface area contributed by atoms with Crippen molar-refractivity contribution in [2.24, 2.45) is 4.99 Å². The molecule has 160 valence electrons. The molecule has 0 aliphatic rings. The maximum absolute atomic E-state index is 12.6. The van der Waals surface area contributed by atoms with E-state index in [9.17, 15) is 8.78 Å². The molecule has 0 saturated carbocycles. The quantitative estimate of drug-likeness (QED) is 0.274. The maximum Gasteiger partial charge on any atom is 0.387 e. The fourth-order valence-electron chi connectivity index (χ4n) is 2.87. The Balaban J connectivity index is 0.00000320. The summed E-state index contributed by atoms with van der Waals surface area (Å²) in [4.78, 5) is 4.19. The van der Waals surface area contributed by atoms with Crippen LogP contribution in [0.15, 0.2) is 65.9 Å². The first-order valence-corrected chi connectivity index (χ1v) is 9.13. The summed E-state index contributed by atoms with van der Waals surface area (Å²) < 4.78 is 31.6. The van der Waals surface area contributed by atoms with Crippen molar-refractivity contribution in [3.8, 4) is 11.4 Å². The second-order valence-electron chi connectivity index (χ2n) is 6.39. The van der Waals surface area contributed by atoms with Crippen LogP contribution in [-0.4, -0.2) is 29.4 Å². The van der Waals surface area contributed by atoms with Crippen molar-refractivity contribution in [2.75, 3.05) is 7.05 Å². The van der Waals surface area contributed by atoms with E-state index >= 15 is 0 Å². The molecule has 1 aromatic heterocycles. The van der Waals surface area contributed by atoms with E-state index in [1.807, 2.05) is 49.5 Å². The molecule has 0 saturated heterocycles. The third-order valence-electron chi connectivity index (χ3n) is 4.24. The highest BCUT2D eigenvalue weighted by atomic mass is 127. The molecule has 0 fully saturated rings. The molecule has 2 N–H and O–H groups in total. The van der Waals surface area contributed by atoms with Gasteiger partial charge in [-0.3, -0.25) is 4.99 Å². The molecule has 3 rings (SSSR count). The Morgan fingerprint density at radius 2 is 1.93 bits per heavy atom. The van der Waals surface area contributed by atoms with Crippen LogP contribution in [0.2, 0.25) is 0 Å². The molecule has 0 spiro atoms. The van der Waals surface area contributed by atoms with Crippen molar-refractivity contribution >= 4 is 29.9 Å². The van der Waals surface area contributed by atoms with E-state index in [-0.39, 0.29) is 29.7 Å². The van der Waals surface area contributed by atoms with Crippen LogP contribution in [0.3, 0.4) is 0 Å². The van der Waals surface area contributed by atoms with Crippen LogP contribution >= 0.6 is 24.0 Å². The van der Waals surface area contributed by atoms with Crippen molar-refractivity contribution in [2.45, 2.75) is 26.6 Å². The molecule has 0 unspecified atom stereocenters. The molecular formula is C21H24F2IN5O. The SMILES string of the molecule is CN=C(NCc1cccc(-n2cccn2)c1)NCc1cc(C)ccc1OC(F)F.I. The van der Waals surface area contributed by atoms with Crippen LogP contribution in [0.25, 0.3) is 5.69 Å². The highest BCUT2D eigenvalue weighted by molar-refractivity contribution is 14.0. The number of alkyl halides is 2. The largest absolute Gasteiger partial charge is 0.434 e. The van der Waals surface area contributed by atoms with Gasteiger partial charge in [-0.05, 0) is 36.8 Å². The first kappa shape index (κ1) is 23.6. The number of nitrogens with zero attached hydrogens (tertiary/aromatic N) is 3.